The van der Waals surface area contributed by atoms with Crippen LogP contribution in [-0.4, -0.2) is 50.9 Å². The first-order valence-electron chi connectivity index (χ1n) is 12.6. The van der Waals surface area contributed by atoms with Crippen LogP contribution in [0.15, 0.2) is 83.8 Å². The van der Waals surface area contributed by atoms with E-state index >= 15 is 0 Å². The van der Waals surface area contributed by atoms with Crippen LogP contribution in [0, 0.1) is 6.92 Å². The third-order valence-electron chi connectivity index (χ3n) is 6.04. The number of carbonyl (C=O) groups is 2. The molecule has 38 heavy (non-hydrogen) atoms. The molecule has 0 saturated heterocycles. The summed E-state index contributed by atoms with van der Waals surface area (Å²) in [6.07, 6.45) is 0. The van der Waals surface area contributed by atoms with Crippen LogP contribution in [0.3, 0.4) is 0 Å². The normalized spacial score (nSPS) is 11.9. The van der Waals surface area contributed by atoms with Crippen molar-refractivity contribution in [1.29, 1.82) is 0 Å². The Hall–Kier alpha value is -3.85. The minimum absolute atomic E-state index is 0.0588. The van der Waals surface area contributed by atoms with Crippen LogP contribution in [0.1, 0.15) is 31.9 Å². The van der Waals surface area contributed by atoms with Gasteiger partial charge >= 0.3 is 0 Å². The predicted octanol–water partition coefficient (Wildman–Crippen LogP) is 4.14. The number of ether oxygens (including phenoxy) is 1. The Balaban J connectivity index is 2.01. The zero-order valence-electron chi connectivity index (χ0n) is 22.3. The van der Waals surface area contributed by atoms with Gasteiger partial charge in [-0.1, -0.05) is 48.0 Å². The van der Waals surface area contributed by atoms with Gasteiger partial charge in [0.1, 0.15) is 18.3 Å². The summed E-state index contributed by atoms with van der Waals surface area (Å²) >= 11 is 0. The lowest BCUT2D eigenvalue weighted by Crippen LogP contribution is -2.51. The molecule has 1 atom stereocenters. The van der Waals surface area contributed by atoms with E-state index in [1.54, 1.807) is 56.3 Å². The highest BCUT2D eigenvalue weighted by molar-refractivity contribution is 7.92. The number of hydrogen-bond donors (Lipinski definition) is 1. The molecule has 8 nitrogen and oxygen atoms in total. The number of sulfonamides is 1. The van der Waals surface area contributed by atoms with Crippen molar-refractivity contribution in [2.24, 2.45) is 0 Å². The van der Waals surface area contributed by atoms with Crippen molar-refractivity contribution in [3.05, 3.63) is 90.0 Å². The fourth-order valence-corrected chi connectivity index (χ4v) is 5.35. The molecule has 0 heterocycles. The van der Waals surface area contributed by atoms with Crippen LogP contribution >= 0.6 is 0 Å². The summed E-state index contributed by atoms with van der Waals surface area (Å²) in [5.41, 5.74) is 2.21. The largest absolute Gasteiger partial charge is 0.494 e. The molecule has 0 aliphatic rings. The molecule has 0 bridgehead atoms. The second-order valence-electron chi connectivity index (χ2n) is 8.83. The molecule has 0 radical (unpaired) electrons. The third-order valence-corrected chi connectivity index (χ3v) is 7.83. The highest BCUT2D eigenvalue weighted by Gasteiger charge is 2.32. The Kier molecular flexibility index (Phi) is 9.90. The van der Waals surface area contributed by atoms with Crippen LogP contribution in [0.25, 0.3) is 0 Å². The number of hydrogen-bond acceptors (Lipinski definition) is 5. The van der Waals surface area contributed by atoms with Gasteiger partial charge in [-0.2, -0.15) is 0 Å². The molecular weight excluding hydrogens is 502 g/mol. The lowest BCUT2D eigenvalue weighted by molar-refractivity contribution is -0.139. The molecular formula is C29H35N3O5S. The minimum atomic E-state index is -4.10. The molecule has 9 heteroatoms. The summed E-state index contributed by atoms with van der Waals surface area (Å²) in [6.45, 7) is 7.82. The smallest absolute Gasteiger partial charge is 0.264 e. The van der Waals surface area contributed by atoms with Crippen molar-refractivity contribution in [2.75, 3.05) is 24.0 Å². The lowest BCUT2D eigenvalue weighted by Gasteiger charge is -2.32. The maximum absolute atomic E-state index is 13.8. The third kappa shape index (κ3) is 7.13. The molecule has 0 saturated carbocycles. The van der Waals surface area contributed by atoms with Gasteiger partial charge in [0.25, 0.3) is 10.0 Å². The first-order valence-corrected chi connectivity index (χ1v) is 14.0. The Morgan fingerprint density at radius 3 is 2.13 bits per heavy atom. The summed E-state index contributed by atoms with van der Waals surface area (Å²) in [7, 11) is -4.10. The van der Waals surface area contributed by atoms with Gasteiger partial charge in [0, 0.05) is 13.1 Å². The van der Waals surface area contributed by atoms with E-state index in [2.05, 4.69) is 5.32 Å². The number of carbonyl (C=O) groups excluding carboxylic acids is 2. The van der Waals surface area contributed by atoms with E-state index in [1.165, 1.54) is 17.0 Å². The molecule has 3 aromatic rings. The summed E-state index contributed by atoms with van der Waals surface area (Å²) in [5, 5.41) is 2.76. The monoisotopic (exact) mass is 537 g/mol. The molecule has 0 aliphatic carbocycles. The van der Waals surface area contributed by atoms with Crippen molar-refractivity contribution < 1.29 is 22.7 Å². The predicted molar refractivity (Wildman–Crippen MR) is 148 cm³/mol. The van der Waals surface area contributed by atoms with Crippen molar-refractivity contribution in [2.45, 2.75) is 45.2 Å². The molecule has 0 aromatic heterocycles. The number of amides is 2. The van der Waals surface area contributed by atoms with Crippen molar-refractivity contribution in [1.82, 2.24) is 10.2 Å². The molecule has 0 fully saturated rings. The van der Waals surface area contributed by atoms with Gasteiger partial charge in [-0.3, -0.25) is 13.9 Å². The van der Waals surface area contributed by atoms with Gasteiger partial charge in [0.15, 0.2) is 0 Å². The van der Waals surface area contributed by atoms with Crippen molar-refractivity contribution in [3.63, 3.8) is 0 Å². The fourth-order valence-electron chi connectivity index (χ4n) is 3.92. The summed E-state index contributed by atoms with van der Waals surface area (Å²) in [5.74, 6) is -0.227. The molecule has 0 aliphatic heterocycles. The fraction of sp³-hybridized carbons (Fsp3) is 0.310. The molecule has 3 rings (SSSR count). The molecule has 0 spiro atoms. The average molecular weight is 538 g/mol. The van der Waals surface area contributed by atoms with Gasteiger partial charge in [-0.25, -0.2) is 8.42 Å². The lowest BCUT2D eigenvalue weighted by atomic mass is 10.1. The van der Waals surface area contributed by atoms with Gasteiger partial charge in [0.05, 0.1) is 17.2 Å². The van der Waals surface area contributed by atoms with Gasteiger partial charge in [0.2, 0.25) is 11.8 Å². The van der Waals surface area contributed by atoms with E-state index in [9.17, 15) is 18.0 Å². The summed E-state index contributed by atoms with van der Waals surface area (Å²) in [4.78, 5) is 28.0. The van der Waals surface area contributed by atoms with Gasteiger partial charge in [-0.05, 0) is 69.7 Å². The van der Waals surface area contributed by atoms with Crippen LogP contribution < -0.4 is 14.4 Å². The van der Waals surface area contributed by atoms with E-state index in [0.717, 1.165) is 15.4 Å². The van der Waals surface area contributed by atoms with E-state index in [1.807, 2.05) is 38.1 Å². The average Bonchev–Trinajstić information content (AvgIpc) is 2.92. The van der Waals surface area contributed by atoms with E-state index in [0.29, 0.717) is 24.6 Å². The maximum Gasteiger partial charge on any atom is 0.264 e. The van der Waals surface area contributed by atoms with Crippen molar-refractivity contribution >= 4 is 27.5 Å². The van der Waals surface area contributed by atoms with E-state index in [4.69, 9.17) is 4.74 Å². The number of rotatable bonds is 12. The van der Waals surface area contributed by atoms with Crippen LogP contribution in [0.2, 0.25) is 0 Å². The molecule has 202 valence electrons. The second-order valence-corrected chi connectivity index (χ2v) is 10.7. The Morgan fingerprint density at radius 2 is 1.55 bits per heavy atom. The second kappa shape index (κ2) is 13.1. The van der Waals surface area contributed by atoms with Crippen molar-refractivity contribution in [3.8, 4) is 5.75 Å². The molecule has 1 N–H and O–H groups in total. The summed E-state index contributed by atoms with van der Waals surface area (Å²) in [6, 6.07) is 21.3. The first-order chi connectivity index (χ1) is 18.2. The highest BCUT2D eigenvalue weighted by Crippen LogP contribution is 2.26. The Bertz CT molecular complexity index is 1310. The topological polar surface area (TPSA) is 96.0 Å². The first kappa shape index (κ1) is 28.7. The Morgan fingerprint density at radius 1 is 0.921 bits per heavy atom. The molecule has 0 unspecified atom stereocenters. The zero-order valence-corrected chi connectivity index (χ0v) is 23.1. The summed E-state index contributed by atoms with van der Waals surface area (Å²) < 4.78 is 34.1. The highest BCUT2D eigenvalue weighted by atomic mass is 32.2. The van der Waals surface area contributed by atoms with Crippen LogP contribution in [-0.2, 0) is 26.2 Å². The standard InChI is InChI=1S/C29H35N3O5S/c1-5-30-29(34)23(4)31(20-24-14-12-22(3)13-15-24)28(33)21-32(25-16-18-26(19-17-25)37-6-2)38(35,36)27-10-8-7-9-11-27/h7-19,23H,5-6,20-21H2,1-4H3,(H,30,34)/t23-/m0/s1. The SMILES string of the molecule is CCNC(=O)[C@H](C)N(Cc1ccc(C)cc1)C(=O)CN(c1ccc(OCC)cc1)S(=O)(=O)c1ccccc1. The number of benzene rings is 3. The minimum Gasteiger partial charge on any atom is -0.494 e. The number of anilines is 1. The Labute approximate surface area is 225 Å². The van der Waals surface area contributed by atoms with Crippen LogP contribution in [0.5, 0.6) is 5.75 Å². The number of likely N-dealkylation sites (N-methyl/N-ethyl adjacent to an activating group) is 1. The maximum atomic E-state index is 13.8. The number of aryl methyl sites for hydroxylation is 1. The molecule has 2 amide bonds. The van der Waals surface area contributed by atoms with Crippen LogP contribution in [0.4, 0.5) is 5.69 Å². The molecule has 3 aromatic carbocycles. The van der Waals surface area contributed by atoms with E-state index in [-0.39, 0.29) is 17.3 Å². The number of nitrogens with zero attached hydrogens (tertiary/aromatic N) is 2. The number of nitrogens with one attached hydrogen (secondary N) is 1. The van der Waals surface area contributed by atoms with Gasteiger partial charge < -0.3 is 15.0 Å². The quantitative estimate of drug-likeness (QED) is 0.375. The van der Waals surface area contributed by atoms with Gasteiger partial charge in [-0.15, -0.1) is 0 Å². The van der Waals surface area contributed by atoms with E-state index < -0.39 is 28.5 Å². The zero-order chi connectivity index (χ0) is 27.7.